The molecule has 0 aliphatic carbocycles. The zero-order chi connectivity index (χ0) is 8.55. The van der Waals surface area contributed by atoms with E-state index in [-0.39, 0.29) is 24.8 Å². The molecule has 82 valence electrons. The van der Waals surface area contributed by atoms with Gasteiger partial charge in [-0.25, -0.2) is 9.67 Å². The van der Waals surface area contributed by atoms with E-state index in [4.69, 9.17) is 0 Å². The fourth-order valence-electron chi connectivity index (χ4n) is 1.73. The van der Waals surface area contributed by atoms with Gasteiger partial charge in [-0.2, -0.15) is 5.10 Å². The Hall–Kier alpha value is -0.320. The Labute approximate surface area is 96.3 Å². The van der Waals surface area contributed by atoms with E-state index in [1.54, 1.807) is 0 Å². The fraction of sp³-hybridized carbons (Fsp3) is 0.750. The summed E-state index contributed by atoms with van der Waals surface area (Å²) in [5.74, 6) is 1.90. The van der Waals surface area contributed by atoms with Crippen molar-refractivity contribution in [3.8, 4) is 0 Å². The van der Waals surface area contributed by atoms with Gasteiger partial charge in [0.25, 0.3) is 0 Å². The van der Waals surface area contributed by atoms with Crippen LogP contribution in [0.4, 0.5) is 0 Å². The summed E-state index contributed by atoms with van der Waals surface area (Å²) in [6.07, 6.45) is 1.17. The molecule has 1 aromatic heterocycles. The predicted molar refractivity (Wildman–Crippen MR) is 60.5 cm³/mol. The number of nitrogens with one attached hydrogen (secondary N) is 1. The molecule has 0 amide bonds. The fourth-order valence-corrected chi connectivity index (χ4v) is 1.73. The molecular formula is C8H16Cl2N4. The van der Waals surface area contributed by atoms with Gasteiger partial charge in [-0.1, -0.05) is 0 Å². The summed E-state index contributed by atoms with van der Waals surface area (Å²) in [4.78, 5) is 4.28. The van der Waals surface area contributed by atoms with Gasteiger partial charge >= 0.3 is 0 Å². The minimum atomic E-state index is 0. The molecule has 1 N–H and O–H groups in total. The van der Waals surface area contributed by atoms with Gasteiger partial charge in [0.1, 0.15) is 11.6 Å². The van der Waals surface area contributed by atoms with Crippen LogP contribution in [0.25, 0.3) is 0 Å². The van der Waals surface area contributed by atoms with Crippen LogP contribution >= 0.6 is 24.8 Å². The highest BCUT2D eigenvalue weighted by Crippen LogP contribution is 2.15. The van der Waals surface area contributed by atoms with Gasteiger partial charge in [-0.15, -0.1) is 24.8 Å². The van der Waals surface area contributed by atoms with Crippen molar-refractivity contribution < 1.29 is 0 Å². The number of rotatable bonds is 1. The molecule has 1 unspecified atom stereocenters. The second-order valence-electron chi connectivity index (χ2n) is 3.30. The van der Waals surface area contributed by atoms with Crippen molar-refractivity contribution >= 4 is 24.8 Å². The maximum Gasteiger partial charge on any atom is 0.147 e. The largest absolute Gasteiger partial charge is 0.315 e. The van der Waals surface area contributed by atoms with E-state index >= 15 is 0 Å². The zero-order valence-electron chi connectivity index (χ0n) is 8.36. The summed E-state index contributed by atoms with van der Waals surface area (Å²) < 4.78 is 2.04. The van der Waals surface area contributed by atoms with Crippen LogP contribution < -0.4 is 5.32 Å². The Balaban J connectivity index is 0.000000845. The summed E-state index contributed by atoms with van der Waals surface area (Å²) in [5.41, 5.74) is 0. The van der Waals surface area contributed by atoms with Crippen LogP contribution in [-0.2, 0) is 0 Å². The van der Waals surface area contributed by atoms with Crippen LogP contribution in [0.5, 0.6) is 0 Å². The number of hydrogen-bond donors (Lipinski definition) is 1. The second-order valence-corrected chi connectivity index (χ2v) is 3.30. The maximum atomic E-state index is 4.36. The van der Waals surface area contributed by atoms with Crippen molar-refractivity contribution in [1.82, 2.24) is 20.1 Å². The lowest BCUT2D eigenvalue weighted by molar-refractivity contribution is 0.475. The van der Waals surface area contributed by atoms with E-state index in [9.17, 15) is 0 Å². The van der Waals surface area contributed by atoms with Crippen LogP contribution in [0.2, 0.25) is 0 Å². The number of aryl methyl sites for hydroxylation is 2. The number of hydrogen-bond acceptors (Lipinski definition) is 3. The topological polar surface area (TPSA) is 42.7 Å². The Kier molecular flexibility index (Phi) is 5.41. The van der Waals surface area contributed by atoms with Gasteiger partial charge in [-0.05, 0) is 26.8 Å². The predicted octanol–water partition coefficient (Wildman–Crippen LogP) is 1.27. The highest BCUT2D eigenvalue weighted by molar-refractivity contribution is 5.85. The van der Waals surface area contributed by atoms with Gasteiger partial charge in [0, 0.05) is 6.54 Å². The molecule has 1 saturated heterocycles. The lowest BCUT2D eigenvalue weighted by Crippen LogP contribution is -2.15. The SMILES string of the molecule is Cc1nc(C)n(C2CCNC2)n1.Cl.Cl. The van der Waals surface area contributed by atoms with Gasteiger partial charge in [0.05, 0.1) is 6.04 Å². The quantitative estimate of drug-likeness (QED) is 0.802. The van der Waals surface area contributed by atoms with Crippen LogP contribution in [0.3, 0.4) is 0 Å². The van der Waals surface area contributed by atoms with Crippen molar-refractivity contribution in [3.05, 3.63) is 11.6 Å². The van der Waals surface area contributed by atoms with Crippen molar-refractivity contribution in [2.45, 2.75) is 26.3 Å². The van der Waals surface area contributed by atoms with Gasteiger partial charge in [-0.3, -0.25) is 0 Å². The average Bonchev–Trinajstić information content (AvgIpc) is 2.58. The standard InChI is InChI=1S/C8H14N4.2ClH/c1-6-10-7(2)12(11-6)8-3-4-9-5-8;;/h8-9H,3-5H2,1-2H3;2*1H. The first-order valence-corrected chi connectivity index (χ1v) is 4.38. The molecule has 0 saturated carbocycles. The zero-order valence-corrected chi connectivity index (χ0v) is 9.99. The molecule has 0 spiro atoms. The van der Waals surface area contributed by atoms with Crippen molar-refractivity contribution in [2.24, 2.45) is 0 Å². The molecule has 1 aliphatic heterocycles. The monoisotopic (exact) mass is 238 g/mol. The number of halogens is 2. The number of aromatic nitrogens is 3. The van der Waals surface area contributed by atoms with E-state index in [1.807, 2.05) is 18.5 Å². The minimum absolute atomic E-state index is 0. The highest BCUT2D eigenvalue weighted by atomic mass is 35.5. The normalized spacial score (nSPS) is 20.0. The van der Waals surface area contributed by atoms with Crippen molar-refractivity contribution in [3.63, 3.8) is 0 Å². The minimum Gasteiger partial charge on any atom is -0.315 e. The van der Waals surface area contributed by atoms with Crippen LogP contribution in [0.15, 0.2) is 0 Å². The Bertz CT molecular complexity index is 281. The molecule has 1 fully saturated rings. The van der Waals surface area contributed by atoms with Gasteiger partial charge in [0.2, 0.25) is 0 Å². The van der Waals surface area contributed by atoms with Crippen LogP contribution in [-0.4, -0.2) is 27.9 Å². The van der Waals surface area contributed by atoms with Gasteiger partial charge < -0.3 is 5.32 Å². The number of nitrogens with zero attached hydrogens (tertiary/aromatic N) is 3. The molecule has 2 heterocycles. The molecule has 1 atom stereocenters. The smallest absolute Gasteiger partial charge is 0.147 e. The van der Waals surface area contributed by atoms with E-state index in [2.05, 4.69) is 15.4 Å². The average molecular weight is 239 g/mol. The first-order chi connectivity index (χ1) is 5.77. The van der Waals surface area contributed by atoms with E-state index in [1.165, 1.54) is 6.42 Å². The van der Waals surface area contributed by atoms with E-state index in [0.717, 1.165) is 24.7 Å². The third-order valence-corrected chi connectivity index (χ3v) is 2.29. The lowest BCUT2D eigenvalue weighted by atomic mass is 10.3. The summed E-state index contributed by atoms with van der Waals surface area (Å²) in [6.45, 7) is 6.08. The molecule has 4 nitrogen and oxygen atoms in total. The highest BCUT2D eigenvalue weighted by Gasteiger charge is 2.19. The van der Waals surface area contributed by atoms with E-state index in [0.29, 0.717) is 6.04 Å². The first kappa shape index (κ1) is 13.7. The molecule has 1 aromatic rings. The molecule has 14 heavy (non-hydrogen) atoms. The Morgan fingerprint density at radius 1 is 1.36 bits per heavy atom. The molecule has 0 bridgehead atoms. The molecule has 6 heteroatoms. The summed E-state index contributed by atoms with van der Waals surface area (Å²) in [6, 6.07) is 0.520. The van der Waals surface area contributed by atoms with Crippen molar-refractivity contribution in [2.75, 3.05) is 13.1 Å². The third-order valence-electron chi connectivity index (χ3n) is 2.29. The maximum absolute atomic E-state index is 4.36. The molecule has 0 radical (unpaired) electrons. The van der Waals surface area contributed by atoms with Crippen LogP contribution in [0, 0.1) is 13.8 Å². The molecule has 0 aromatic carbocycles. The lowest BCUT2D eigenvalue weighted by Gasteiger charge is -2.09. The molecular weight excluding hydrogens is 223 g/mol. The second kappa shape index (κ2) is 5.53. The molecule has 1 aliphatic rings. The van der Waals surface area contributed by atoms with Gasteiger partial charge in [0.15, 0.2) is 0 Å². The summed E-state index contributed by atoms with van der Waals surface area (Å²) >= 11 is 0. The third kappa shape index (κ3) is 2.59. The first-order valence-electron chi connectivity index (χ1n) is 4.38. The Morgan fingerprint density at radius 2 is 2.07 bits per heavy atom. The molecule has 2 rings (SSSR count). The Morgan fingerprint density at radius 3 is 2.50 bits per heavy atom. The van der Waals surface area contributed by atoms with Crippen LogP contribution in [0.1, 0.15) is 24.1 Å². The summed E-state index contributed by atoms with van der Waals surface area (Å²) in [7, 11) is 0. The van der Waals surface area contributed by atoms with E-state index < -0.39 is 0 Å². The van der Waals surface area contributed by atoms with Crippen molar-refractivity contribution in [1.29, 1.82) is 0 Å². The summed E-state index contributed by atoms with van der Waals surface area (Å²) in [5, 5.41) is 7.68.